The number of piperidine rings is 1. The van der Waals surface area contributed by atoms with Crippen molar-refractivity contribution in [3.63, 3.8) is 0 Å². The van der Waals surface area contributed by atoms with Gasteiger partial charge in [0.25, 0.3) is 0 Å². The fraction of sp³-hybridized carbons (Fsp3) is 0.632. The molecule has 1 saturated heterocycles. The Labute approximate surface area is 163 Å². The lowest BCUT2D eigenvalue weighted by molar-refractivity contribution is -0.137. The monoisotopic (exact) mass is 406 g/mol. The molecule has 1 aliphatic heterocycles. The number of hydrogen-bond acceptors (Lipinski definition) is 3. The predicted octanol–water partition coefficient (Wildman–Crippen LogP) is 3.29. The lowest BCUT2D eigenvalue weighted by atomic mass is 9.79. The number of carbonyl (C=O) groups excluding carboxylic acids is 1. The summed E-state index contributed by atoms with van der Waals surface area (Å²) in [5.74, 6) is -0.175. The molecule has 2 N–H and O–H groups in total. The normalized spacial score (nSPS) is 20.4. The first-order chi connectivity index (χ1) is 12.3. The van der Waals surface area contributed by atoms with Crippen LogP contribution in [0.4, 0.5) is 13.2 Å². The van der Waals surface area contributed by atoms with E-state index in [0.717, 1.165) is 38.1 Å². The van der Waals surface area contributed by atoms with E-state index in [-0.39, 0.29) is 23.7 Å². The molecule has 0 aromatic heterocycles. The highest BCUT2D eigenvalue weighted by Gasteiger charge is 2.52. The molecule has 27 heavy (non-hydrogen) atoms. The molecule has 2 aliphatic rings. The van der Waals surface area contributed by atoms with Crippen molar-refractivity contribution in [2.45, 2.75) is 37.3 Å². The third-order valence-electron chi connectivity index (χ3n) is 5.67. The third kappa shape index (κ3) is 4.76. The number of rotatable bonds is 6. The van der Waals surface area contributed by atoms with E-state index in [1.54, 1.807) is 13.2 Å². The summed E-state index contributed by atoms with van der Waals surface area (Å²) in [6.07, 6.45) is -1.44. The molecule has 152 valence electrons. The Kier molecular flexibility index (Phi) is 6.81. The summed E-state index contributed by atoms with van der Waals surface area (Å²) in [4.78, 5) is 12.8. The van der Waals surface area contributed by atoms with Gasteiger partial charge in [-0.15, -0.1) is 12.4 Å². The highest BCUT2D eigenvalue weighted by atomic mass is 35.5. The number of halogens is 4. The molecule has 3 rings (SSSR count). The van der Waals surface area contributed by atoms with Crippen LogP contribution in [-0.4, -0.2) is 39.3 Å². The quantitative estimate of drug-likeness (QED) is 0.762. The molecular formula is C19H26ClF3N2O2. The maximum Gasteiger partial charge on any atom is 0.416 e. The van der Waals surface area contributed by atoms with Crippen LogP contribution in [0.2, 0.25) is 0 Å². The molecule has 8 heteroatoms. The van der Waals surface area contributed by atoms with Crippen molar-refractivity contribution in [3.05, 3.63) is 35.4 Å². The molecule has 1 heterocycles. The lowest BCUT2D eigenvalue weighted by Gasteiger charge is -2.37. The Bertz CT molecular complexity index is 651. The lowest BCUT2D eigenvalue weighted by Crippen LogP contribution is -2.49. The number of ether oxygens (including phenoxy) is 1. The summed E-state index contributed by atoms with van der Waals surface area (Å²) in [5, 5.41) is 6.31. The van der Waals surface area contributed by atoms with Crippen LogP contribution in [0.5, 0.6) is 0 Å². The number of methoxy groups -OCH3 is 1. The van der Waals surface area contributed by atoms with Crippen LogP contribution in [0.25, 0.3) is 0 Å². The first kappa shape index (κ1) is 22.0. The summed E-state index contributed by atoms with van der Waals surface area (Å²) in [6.45, 7) is 2.80. The third-order valence-corrected chi connectivity index (χ3v) is 5.67. The van der Waals surface area contributed by atoms with E-state index < -0.39 is 17.2 Å². The molecule has 0 bridgehead atoms. The average Bonchev–Trinajstić information content (AvgIpc) is 3.42. The van der Waals surface area contributed by atoms with Gasteiger partial charge in [-0.3, -0.25) is 4.79 Å². The number of amides is 1. The average molecular weight is 407 g/mol. The van der Waals surface area contributed by atoms with E-state index in [1.807, 2.05) is 0 Å². The molecular weight excluding hydrogens is 381 g/mol. The summed E-state index contributed by atoms with van der Waals surface area (Å²) >= 11 is 0. The van der Waals surface area contributed by atoms with Crippen LogP contribution in [0.1, 0.15) is 36.8 Å². The Morgan fingerprint density at radius 1 is 1.22 bits per heavy atom. The standard InChI is InChI=1S/C19H25F3N2O2.ClH/c1-26-13-17(7-9-23-10-8-17)12-24-16(25)18(5-6-18)14-3-2-4-15(11-14)19(20,21)22;/h2-4,11,23H,5-10,12-13H2,1H3,(H,24,25);1H. The number of nitrogens with one attached hydrogen (secondary N) is 2. The number of hydrogen-bond donors (Lipinski definition) is 2. The Morgan fingerprint density at radius 2 is 1.89 bits per heavy atom. The second-order valence-corrected chi connectivity index (χ2v) is 7.53. The summed E-state index contributed by atoms with van der Waals surface area (Å²) in [5.41, 5.74) is -1.18. The first-order valence-electron chi connectivity index (χ1n) is 8.97. The molecule has 0 unspecified atom stereocenters. The van der Waals surface area contributed by atoms with Gasteiger partial charge in [0.05, 0.1) is 17.6 Å². The summed E-state index contributed by atoms with van der Waals surface area (Å²) in [6, 6.07) is 5.16. The maximum atomic E-state index is 13.0. The molecule has 0 spiro atoms. The predicted molar refractivity (Wildman–Crippen MR) is 99.0 cm³/mol. The largest absolute Gasteiger partial charge is 0.416 e. The zero-order valence-corrected chi connectivity index (χ0v) is 16.1. The van der Waals surface area contributed by atoms with Gasteiger partial charge in [-0.25, -0.2) is 0 Å². The summed E-state index contributed by atoms with van der Waals surface area (Å²) < 4.78 is 44.3. The molecule has 1 amide bonds. The van der Waals surface area contributed by atoms with Gasteiger partial charge in [-0.05, 0) is 50.4 Å². The Balaban J connectivity index is 0.00000261. The number of benzene rings is 1. The van der Waals surface area contributed by atoms with Crippen molar-refractivity contribution in [2.24, 2.45) is 5.41 Å². The Morgan fingerprint density at radius 3 is 2.44 bits per heavy atom. The zero-order valence-electron chi connectivity index (χ0n) is 15.3. The fourth-order valence-electron chi connectivity index (χ4n) is 3.84. The van der Waals surface area contributed by atoms with Crippen LogP contribution in [-0.2, 0) is 21.1 Å². The molecule has 1 aromatic rings. The minimum Gasteiger partial charge on any atom is -0.384 e. The maximum absolute atomic E-state index is 13.0. The smallest absolute Gasteiger partial charge is 0.384 e. The number of carbonyl (C=O) groups is 1. The molecule has 1 saturated carbocycles. The van der Waals surface area contributed by atoms with Crippen molar-refractivity contribution in [2.75, 3.05) is 33.4 Å². The van der Waals surface area contributed by atoms with Crippen LogP contribution in [0, 0.1) is 5.41 Å². The Hall–Kier alpha value is -1.31. The minimum atomic E-state index is -4.40. The minimum absolute atomic E-state index is 0. The van der Waals surface area contributed by atoms with E-state index in [9.17, 15) is 18.0 Å². The fourth-order valence-corrected chi connectivity index (χ4v) is 3.84. The van der Waals surface area contributed by atoms with E-state index in [1.165, 1.54) is 6.07 Å². The van der Waals surface area contributed by atoms with E-state index in [4.69, 9.17) is 4.74 Å². The number of alkyl halides is 3. The topological polar surface area (TPSA) is 50.4 Å². The second kappa shape index (κ2) is 8.37. The van der Waals surface area contributed by atoms with Gasteiger partial charge in [0.1, 0.15) is 0 Å². The van der Waals surface area contributed by atoms with Gasteiger partial charge in [0.2, 0.25) is 5.91 Å². The van der Waals surface area contributed by atoms with Crippen LogP contribution in [0.15, 0.2) is 24.3 Å². The van der Waals surface area contributed by atoms with Gasteiger partial charge >= 0.3 is 6.18 Å². The van der Waals surface area contributed by atoms with Gasteiger partial charge in [0.15, 0.2) is 0 Å². The van der Waals surface area contributed by atoms with Gasteiger partial charge in [-0.1, -0.05) is 18.2 Å². The highest BCUT2D eigenvalue weighted by Crippen LogP contribution is 2.49. The van der Waals surface area contributed by atoms with E-state index >= 15 is 0 Å². The first-order valence-corrected chi connectivity index (χ1v) is 8.97. The van der Waals surface area contributed by atoms with Crippen molar-refractivity contribution >= 4 is 18.3 Å². The van der Waals surface area contributed by atoms with Gasteiger partial charge < -0.3 is 15.4 Å². The van der Waals surface area contributed by atoms with Crippen LogP contribution in [0.3, 0.4) is 0 Å². The van der Waals surface area contributed by atoms with Gasteiger partial charge in [0, 0.05) is 19.1 Å². The van der Waals surface area contributed by atoms with E-state index in [2.05, 4.69) is 10.6 Å². The molecule has 4 nitrogen and oxygen atoms in total. The van der Waals surface area contributed by atoms with Crippen LogP contribution >= 0.6 is 12.4 Å². The second-order valence-electron chi connectivity index (χ2n) is 7.53. The highest BCUT2D eigenvalue weighted by molar-refractivity contribution is 5.91. The molecule has 1 aromatic carbocycles. The van der Waals surface area contributed by atoms with Crippen molar-refractivity contribution in [1.29, 1.82) is 0 Å². The van der Waals surface area contributed by atoms with Gasteiger partial charge in [-0.2, -0.15) is 13.2 Å². The van der Waals surface area contributed by atoms with Crippen molar-refractivity contribution < 1.29 is 22.7 Å². The molecule has 1 aliphatic carbocycles. The van der Waals surface area contributed by atoms with Crippen molar-refractivity contribution in [1.82, 2.24) is 10.6 Å². The molecule has 0 radical (unpaired) electrons. The van der Waals surface area contributed by atoms with Crippen molar-refractivity contribution in [3.8, 4) is 0 Å². The SMILES string of the molecule is COCC1(CNC(=O)C2(c3cccc(C(F)(F)F)c3)CC2)CCNCC1.Cl. The van der Waals surface area contributed by atoms with E-state index in [0.29, 0.717) is 31.6 Å². The zero-order chi connectivity index (χ0) is 18.8. The van der Waals surface area contributed by atoms with Crippen LogP contribution < -0.4 is 10.6 Å². The molecule has 0 atom stereocenters. The summed E-state index contributed by atoms with van der Waals surface area (Å²) in [7, 11) is 1.65. The molecule has 2 fully saturated rings.